The van der Waals surface area contributed by atoms with E-state index >= 15 is 0 Å². The number of aromatic nitrogens is 3. The van der Waals surface area contributed by atoms with E-state index in [4.69, 9.17) is 5.26 Å². The molecule has 3 aromatic rings. The first-order valence-corrected chi connectivity index (χ1v) is 10.6. The van der Waals surface area contributed by atoms with E-state index in [-0.39, 0.29) is 29.9 Å². The summed E-state index contributed by atoms with van der Waals surface area (Å²) >= 11 is 0. The fourth-order valence-corrected chi connectivity index (χ4v) is 3.87. The van der Waals surface area contributed by atoms with Crippen LogP contribution in [0.5, 0.6) is 0 Å². The molecular weight excluding hydrogens is 406 g/mol. The minimum absolute atomic E-state index is 0.0269. The minimum atomic E-state index is -0.199. The zero-order valence-electron chi connectivity index (χ0n) is 18.2. The molecule has 0 spiro atoms. The zero-order chi connectivity index (χ0) is 22.8. The highest BCUT2D eigenvalue weighted by Gasteiger charge is 2.31. The average molecular weight is 432 g/mol. The quantitative estimate of drug-likeness (QED) is 0.551. The molecule has 1 saturated carbocycles. The molecule has 1 fully saturated rings. The molecule has 0 saturated heterocycles. The van der Waals surface area contributed by atoms with Gasteiger partial charge in [0.1, 0.15) is 6.07 Å². The molecule has 4 rings (SSSR count). The Morgan fingerprint density at radius 1 is 1.16 bits per heavy atom. The molecule has 32 heavy (non-hydrogen) atoms. The van der Waals surface area contributed by atoms with Gasteiger partial charge in [-0.1, -0.05) is 0 Å². The van der Waals surface area contributed by atoms with Crippen LogP contribution < -0.4 is 16.0 Å². The van der Waals surface area contributed by atoms with Crippen molar-refractivity contribution < 1.29 is 9.59 Å². The molecule has 0 aromatic carbocycles. The van der Waals surface area contributed by atoms with Crippen LogP contribution in [0.2, 0.25) is 0 Å². The van der Waals surface area contributed by atoms with Gasteiger partial charge in [-0.05, 0) is 51.0 Å². The highest BCUT2D eigenvalue weighted by molar-refractivity contribution is 6.00. The lowest BCUT2D eigenvalue weighted by Crippen LogP contribution is -2.53. The Morgan fingerprint density at radius 2 is 1.91 bits per heavy atom. The molecule has 9 nitrogen and oxygen atoms in total. The predicted molar refractivity (Wildman–Crippen MR) is 120 cm³/mol. The minimum Gasteiger partial charge on any atom is -0.382 e. The summed E-state index contributed by atoms with van der Waals surface area (Å²) in [6.07, 6.45) is 4.52. The zero-order valence-corrected chi connectivity index (χ0v) is 18.2. The standard InChI is InChI=1S/C23H25N7O2/c1-13(2)27-20-9-21(22-5-4-18-6-15(10-24)11-26-30(18)22)25-12-19(20)23(32)29-17-7-16(8-17)28-14(3)31/h4-6,9,11-13,16-17H,7-8H2,1-3H3,(H,25,27)(H,28,31)(H,29,32). The third kappa shape index (κ3) is 4.39. The van der Waals surface area contributed by atoms with Crippen LogP contribution in [0.4, 0.5) is 5.69 Å². The van der Waals surface area contributed by atoms with Crippen molar-refractivity contribution in [3.05, 3.63) is 47.8 Å². The number of rotatable bonds is 6. The summed E-state index contributed by atoms with van der Waals surface area (Å²) in [5.74, 6) is -0.255. The first-order valence-electron chi connectivity index (χ1n) is 10.6. The summed E-state index contributed by atoms with van der Waals surface area (Å²) in [6, 6.07) is 9.72. The number of nitrogens with one attached hydrogen (secondary N) is 3. The van der Waals surface area contributed by atoms with E-state index in [9.17, 15) is 9.59 Å². The summed E-state index contributed by atoms with van der Waals surface area (Å²) < 4.78 is 1.72. The molecule has 1 aliphatic rings. The predicted octanol–water partition coefficient (Wildman–Crippen LogP) is 2.49. The second kappa shape index (κ2) is 8.67. The highest BCUT2D eigenvalue weighted by Crippen LogP contribution is 2.27. The Hall–Kier alpha value is -3.93. The molecule has 0 unspecified atom stereocenters. The molecular formula is C23H25N7O2. The lowest BCUT2D eigenvalue weighted by Gasteiger charge is -2.36. The van der Waals surface area contributed by atoms with Gasteiger partial charge in [-0.3, -0.25) is 14.6 Å². The smallest absolute Gasteiger partial charge is 0.255 e. The van der Waals surface area contributed by atoms with Crippen LogP contribution in [0, 0.1) is 11.3 Å². The molecule has 0 radical (unpaired) electrons. The van der Waals surface area contributed by atoms with Crippen molar-refractivity contribution in [3.8, 4) is 17.5 Å². The van der Waals surface area contributed by atoms with Crippen molar-refractivity contribution >= 4 is 23.0 Å². The van der Waals surface area contributed by atoms with Gasteiger partial charge in [0.25, 0.3) is 5.91 Å². The Morgan fingerprint density at radius 3 is 2.59 bits per heavy atom. The molecule has 0 atom stereocenters. The summed E-state index contributed by atoms with van der Waals surface area (Å²) in [4.78, 5) is 28.6. The fourth-order valence-electron chi connectivity index (χ4n) is 3.87. The van der Waals surface area contributed by atoms with Crippen LogP contribution >= 0.6 is 0 Å². The van der Waals surface area contributed by atoms with Crippen LogP contribution in [0.1, 0.15) is 49.5 Å². The third-order valence-electron chi connectivity index (χ3n) is 5.37. The number of fused-ring (bicyclic) bond motifs is 1. The van der Waals surface area contributed by atoms with Gasteiger partial charge in [0, 0.05) is 31.2 Å². The van der Waals surface area contributed by atoms with Crippen LogP contribution in [0.15, 0.2) is 36.7 Å². The number of nitrogens with zero attached hydrogens (tertiary/aromatic N) is 4. The van der Waals surface area contributed by atoms with Gasteiger partial charge in [0.2, 0.25) is 5.91 Å². The second-order valence-electron chi connectivity index (χ2n) is 8.36. The SMILES string of the molecule is CC(=O)NC1CC(NC(=O)c2cnc(-c3ccc4cc(C#N)cnn34)cc2NC(C)C)C1. The Bertz CT molecular complexity index is 1220. The Kier molecular flexibility index (Phi) is 5.77. The summed E-state index contributed by atoms with van der Waals surface area (Å²) in [7, 11) is 0. The van der Waals surface area contributed by atoms with E-state index in [0.717, 1.165) is 24.1 Å². The van der Waals surface area contributed by atoms with Crippen molar-refractivity contribution in [1.82, 2.24) is 25.2 Å². The first-order chi connectivity index (χ1) is 15.3. The monoisotopic (exact) mass is 431 g/mol. The maximum atomic E-state index is 12.9. The lowest BCUT2D eigenvalue weighted by molar-refractivity contribution is -0.120. The van der Waals surface area contributed by atoms with Gasteiger partial charge in [-0.15, -0.1) is 0 Å². The summed E-state index contributed by atoms with van der Waals surface area (Å²) in [5.41, 5.74) is 3.85. The number of pyridine rings is 1. The molecule has 9 heteroatoms. The normalized spacial score (nSPS) is 17.5. The number of carbonyl (C=O) groups is 2. The second-order valence-corrected chi connectivity index (χ2v) is 8.36. The average Bonchev–Trinajstić information content (AvgIpc) is 3.14. The number of nitriles is 1. The molecule has 0 bridgehead atoms. The maximum Gasteiger partial charge on any atom is 0.255 e. The molecule has 164 valence electrons. The van der Waals surface area contributed by atoms with Crippen molar-refractivity contribution in [3.63, 3.8) is 0 Å². The van der Waals surface area contributed by atoms with Gasteiger partial charge < -0.3 is 16.0 Å². The number of hydrogen-bond donors (Lipinski definition) is 3. The molecule has 1 aliphatic carbocycles. The van der Waals surface area contributed by atoms with Gasteiger partial charge in [-0.2, -0.15) is 10.4 Å². The van der Waals surface area contributed by atoms with Crippen molar-refractivity contribution in [1.29, 1.82) is 5.26 Å². The van der Waals surface area contributed by atoms with Crippen LogP contribution in [-0.2, 0) is 4.79 Å². The molecule has 3 N–H and O–H groups in total. The molecule has 2 amide bonds. The van der Waals surface area contributed by atoms with Gasteiger partial charge in [0.05, 0.1) is 39.9 Å². The Labute approximate surface area is 185 Å². The van der Waals surface area contributed by atoms with Crippen LogP contribution in [0.25, 0.3) is 16.9 Å². The van der Waals surface area contributed by atoms with E-state index in [0.29, 0.717) is 22.5 Å². The number of hydrogen-bond acceptors (Lipinski definition) is 6. The molecule has 3 heterocycles. The number of carbonyl (C=O) groups excluding carboxylic acids is 2. The van der Waals surface area contributed by atoms with Gasteiger partial charge >= 0.3 is 0 Å². The largest absolute Gasteiger partial charge is 0.382 e. The van der Waals surface area contributed by atoms with Crippen molar-refractivity contribution in [2.75, 3.05) is 5.32 Å². The lowest BCUT2D eigenvalue weighted by atomic mass is 9.86. The van der Waals surface area contributed by atoms with E-state index in [1.165, 1.54) is 13.1 Å². The van der Waals surface area contributed by atoms with Crippen LogP contribution in [0.3, 0.4) is 0 Å². The van der Waals surface area contributed by atoms with E-state index in [2.05, 4.69) is 32.1 Å². The van der Waals surface area contributed by atoms with E-state index in [1.54, 1.807) is 16.8 Å². The summed E-state index contributed by atoms with van der Waals surface area (Å²) in [5, 5.41) is 22.7. The van der Waals surface area contributed by atoms with E-state index in [1.807, 2.05) is 32.0 Å². The topological polar surface area (TPSA) is 124 Å². The van der Waals surface area contributed by atoms with Gasteiger partial charge in [0.15, 0.2) is 0 Å². The first kappa shape index (κ1) is 21.3. The maximum absolute atomic E-state index is 12.9. The third-order valence-corrected chi connectivity index (χ3v) is 5.37. The van der Waals surface area contributed by atoms with Gasteiger partial charge in [-0.25, -0.2) is 4.52 Å². The number of anilines is 1. The fraction of sp³-hybridized carbons (Fsp3) is 0.348. The molecule has 0 aliphatic heterocycles. The number of amides is 2. The Balaban J connectivity index is 1.58. The van der Waals surface area contributed by atoms with E-state index < -0.39 is 0 Å². The summed E-state index contributed by atoms with van der Waals surface area (Å²) in [6.45, 7) is 5.50. The van der Waals surface area contributed by atoms with Crippen molar-refractivity contribution in [2.45, 2.75) is 51.7 Å². The van der Waals surface area contributed by atoms with Crippen molar-refractivity contribution in [2.24, 2.45) is 0 Å². The van der Waals surface area contributed by atoms with Crippen LogP contribution in [-0.4, -0.2) is 44.5 Å². The highest BCUT2D eigenvalue weighted by atomic mass is 16.2. The molecule has 3 aromatic heterocycles.